The van der Waals surface area contributed by atoms with Gasteiger partial charge in [0, 0.05) is 10.5 Å². The van der Waals surface area contributed by atoms with E-state index in [1.165, 1.54) is 19.5 Å². The summed E-state index contributed by atoms with van der Waals surface area (Å²) in [5.41, 5.74) is 0.0831. The molecule has 0 bridgehead atoms. The van der Waals surface area contributed by atoms with Crippen LogP contribution in [0.2, 0.25) is 10.0 Å². The molecule has 104 valence electrons. The van der Waals surface area contributed by atoms with Crippen molar-refractivity contribution in [3.8, 4) is 11.6 Å². The SMILES string of the molecule is COC(=O)c1cnc(Oc2cc(Cl)c(Br)cc2Cl)cn1. The maximum Gasteiger partial charge on any atom is 0.358 e. The molecule has 0 aliphatic carbocycles. The Bertz CT molecular complexity index is 650. The number of ether oxygens (including phenoxy) is 2. The van der Waals surface area contributed by atoms with Gasteiger partial charge in [-0.3, -0.25) is 0 Å². The van der Waals surface area contributed by atoms with Gasteiger partial charge in [-0.2, -0.15) is 0 Å². The third kappa shape index (κ3) is 3.39. The lowest BCUT2D eigenvalue weighted by Crippen LogP contribution is -2.04. The van der Waals surface area contributed by atoms with E-state index in [2.05, 4.69) is 30.6 Å². The molecule has 0 aliphatic heterocycles. The molecule has 1 heterocycles. The van der Waals surface area contributed by atoms with Gasteiger partial charge in [-0.05, 0) is 22.0 Å². The molecule has 1 aromatic heterocycles. The Morgan fingerprint density at radius 2 is 1.95 bits per heavy atom. The Kier molecular flexibility index (Phi) is 4.80. The van der Waals surface area contributed by atoms with E-state index in [4.69, 9.17) is 27.9 Å². The third-order valence-electron chi connectivity index (χ3n) is 2.21. The quantitative estimate of drug-likeness (QED) is 0.594. The zero-order valence-electron chi connectivity index (χ0n) is 10.1. The minimum absolute atomic E-state index is 0.0831. The van der Waals surface area contributed by atoms with Crippen LogP contribution in [0.15, 0.2) is 29.0 Å². The number of halogens is 3. The van der Waals surface area contributed by atoms with E-state index in [0.29, 0.717) is 20.3 Å². The average molecular weight is 378 g/mol. The second-order valence-corrected chi connectivity index (χ2v) is 5.20. The van der Waals surface area contributed by atoms with E-state index in [9.17, 15) is 4.79 Å². The van der Waals surface area contributed by atoms with Crippen LogP contribution < -0.4 is 4.74 Å². The highest BCUT2D eigenvalue weighted by Gasteiger charge is 2.11. The van der Waals surface area contributed by atoms with Crippen molar-refractivity contribution in [3.63, 3.8) is 0 Å². The molecule has 0 amide bonds. The number of nitrogens with zero attached hydrogens (tertiary/aromatic N) is 2. The van der Waals surface area contributed by atoms with Gasteiger partial charge in [0.2, 0.25) is 5.88 Å². The van der Waals surface area contributed by atoms with Gasteiger partial charge >= 0.3 is 5.97 Å². The van der Waals surface area contributed by atoms with Crippen LogP contribution >= 0.6 is 39.1 Å². The summed E-state index contributed by atoms with van der Waals surface area (Å²) in [6.45, 7) is 0. The van der Waals surface area contributed by atoms with Crippen LogP contribution in [0, 0.1) is 0 Å². The standard InChI is InChI=1S/C12H7BrCl2N2O3/c1-19-12(18)9-4-17-11(5-16-9)20-10-3-7(14)6(13)2-8(10)15/h2-5H,1H3. The number of methoxy groups -OCH3 is 1. The first-order chi connectivity index (χ1) is 9.51. The number of hydrogen-bond donors (Lipinski definition) is 0. The topological polar surface area (TPSA) is 61.3 Å². The average Bonchev–Trinajstić information content (AvgIpc) is 2.44. The molecule has 0 radical (unpaired) electrons. The predicted octanol–water partition coefficient (Wildman–Crippen LogP) is 4.12. The molecule has 0 fully saturated rings. The molecule has 8 heteroatoms. The summed E-state index contributed by atoms with van der Waals surface area (Å²) in [6.07, 6.45) is 2.54. The number of benzene rings is 1. The fourth-order valence-corrected chi connectivity index (χ4v) is 2.11. The van der Waals surface area contributed by atoms with Gasteiger partial charge in [-0.1, -0.05) is 23.2 Å². The van der Waals surface area contributed by atoms with Crippen LogP contribution in [0.25, 0.3) is 0 Å². The highest BCUT2D eigenvalue weighted by atomic mass is 79.9. The fourth-order valence-electron chi connectivity index (χ4n) is 1.27. The maximum atomic E-state index is 11.2. The lowest BCUT2D eigenvalue weighted by atomic mass is 10.3. The summed E-state index contributed by atoms with van der Waals surface area (Å²) in [6, 6.07) is 3.15. The van der Waals surface area contributed by atoms with Crippen molar-refractivity contribution < 1.29 is 14.3 Å². The monoisotopic (exact) mass is 376 g/mol. The number of hydrogen-bond acceptors (Lipinski definition) is 5. The van der Waals surface area contributed by atoms with Crippen molar-refractivity contribution in [3.05, 3.63) is 44.7 Å². The van der Waals surface area contributed by atoms with Crippen LogP contribution in [0.4, 0.5) is 0 Å². The first-order valence-electron chi connectivity index (χ1n) is 5.24. The van der Waals surface area contributed by atoms with Crippen LogP contribution in [-0.4, -0.2) is 23.0 Å². The summed E-state index contributed by atoms with van der Waals surface area (Å²) in [5.74, 6) is -0.0632. The lowest BCUT2D eigenvalue weighted by molar-refractivity contribution is 0.0593. The molecular formula is C12H7BrCl2N2O3. The predicted molar refractivity (Wildman–Crippen MR) is 77.6 cm³/mol. The van der Waals surface area contributed by atoms with Gasteiger partial charge in [0.25, 0.3) is 0 Å². The zero-order chi connectivity index (χ0) is 14.7. The Hall–Kier alpha value is -1.37. The molecule has 0 saturated heterocycles. The Labute approximate surface area is 133 Å². The van der Waals surface area contributed by atoms with Crippen molar-refractivity contribution in [2.45, 2.75) is 0 Å². The molecule has 0 unspecified atom stereocenters. The molecule has 0 saturated carbocycles. The summed E-state index contributed by atoms with van der Waals surface area (Å²) in [5, 5.41) is 0.809. The van der Waals surface area contributed by atoms with E-state index in [1.54, 1.807) is 12.1 Å². The van der Waals surface area contributed by atoms with Crippen molar-refractivity contribution in [1.82, 2.24) is 9.97 Å². The van der Waals surface area contributed by atoms with Crippen LogP contribution in [-0.2, 0) is 4.74 Å². The van der Waals surface area contributed by atoms with Gasteiger partial charge < -0.3 is 9.47 Å². The second-order valence-electron chi connectivity index (χ2n) is 3.53. The lowest BCUT2D eigenvalue weighted by Gasteiger charge is -2.08. The molecule has 1 aromatic carbocycles. The molecule has 2 rings (SSSR count). The molecule has 0 aliphatic rings. The van der Waals surface area contributed by atoms with E-state index < -0.39 is 5.97 Å². The Morgan fingerprint density at radius 1 is 1.20 bits per heavy atom. The van der Waals surface area contributed by atoms with E-state index in [-0.39, 0.29) is 11.6 Å². The molecule has 0 spiro atoms. The largest absolute Gasteiger partial charge is 0.464 e. The molecule has 2 aromatic rings. The minimum atomic E-state index is -0.575. The van der Waals surface area contributed by atoms with Crippen molar-refractivity contribution >= 4 is 45.1 Å². The molecule has 5 nitrogen and oxygen atoms in total. The highest BCUT2D eigenvalue weighted by molar-refractivity contribution is 9.10. The number of esters is 1. The number of rotatable bonds is 3. The smallest absolute Gasteiger partial charge is 0.358 e. The van der Waals surface area contributed by atoms with Gasteiger partial charge in [0.1, 0.15) is 5.75 Å². The second kappa shape index (κ2) is 6.39. The van der Waals surface area contributed by atoms with Gasteiger partial charge in [-0.25, -0.2) is 14.8 Å². The van der Waals surface area contributed by atoms with Crippen molar-refractivity contribution in [1.29, 1.82) is 0 Å². The first kappa shape index (κ1) is 15.0. The summed E-state index contributed by atoms with van der Waals surface area (Å²) >= 11 is 15.2. The normalized spacial score (nSPS) is 10.2. The number of aromatic nitrogens is 2. The van der Waals surface area contributed by atoms with Crippen molar-refractivity contribution in [2.24, 2.45) is 0 Å². The number of carbonyl (C=O) groups excluding carboxylic acids is 1. The number of carbonyl (C=O) groups is 1. The highest BCUT2D eigenvalue weighted by Crippen LogP contribution is 2.35. The summed E-state index contributed by atoms with van der Waals surface area (Å²) < 4.78 is 10.6. The van der Waals surface area contributed by atoms with Crippen molar-refractivity contribution in [2.75, 3.05) is 7.11 Å². The van der Waals surface area contributed by atoms with Crippen LogP contribution in [0.5, 0.6) is 11.6 Å². The third-order valence-corrected chi connectivity index (χ3v) is 3.70. The maximum absolute atomic E-state index is 11.2. The fraction of sp³-hybridized carbons (Fsp3) is 0.0833. The Morgan fingerprint density at radius 3 is 2.55 bits per heavy atom. The van der Waals surface area contributed by atoms with E-state index in [0.717, 1.165) is 0 Å². The molecule has 20 heavy (non-hydrogen) atoms. The first-order valence-corrected chi connectivity index (χ1v) is 6.79. The summed E-state index contributed by atoms with van der Waals surface area (Å²) in [7, 11) is 1.26. The molecular weight excluding hydrogens is 371 g/mol. The minimum Gasteiger partial charge on any atom is -0.464 e. The molecule has 0 atom stereocenters. The van der Waals surface area contributed by atoms with Crippen LogP contribution in [0.1, 0.15) is 10.5 Å². The van der Waals surface area contributed by atoms with Gasteiger partial charge in [0.15, 0.2) is 5.69 Å². The van der Waals surface area contributed by atoms with Gasteiger partial charge in [-0.15, -0.1) is 0 Å². The molecule has 0 N–H and O–H groups in total. The van der Waals surface area contributed by atoms with Gasteiger partial charge in [0.05, 0.1) is 29.5 Å². The zero-order valence-corrected chi connectivity index (χ0v) is 13.2. The Balaban J connectivity index is 2.22. The van der Waals surface area contributed by atoms with Crippen LogP contribution in [0.3, 0.4) is 0 Å². The van der Waals surface area contributed by atoms with E-state index >= 15 is 0 Å². The summed E-state index contributed by atoms with van der Waals surface area (Å²) in [4.78, 5) is 19.0. The van der Waals surface area contributed by atoms with E-state index in [1.807, 2.05) is 0 Å².